The van der Waals surface area contributed by atoms with E-state index in [9.17, 15) is 13.2 Å². The summed E-state index contributed by atoms with van der Waals surface area (Å²) in [4.78, 5) is 0. The quantitative estimate of drug-likeness (QED) is 0.717. The van der Waals surface area contributed by atoms with Gasteiger partial charge >= 0.3 is 6.18 Å². The summed E-state index contributed by atoms with van der Waals surface area (Å²) in [5.41, 5.74) is -0.426. The molecule has 14 heavy (non-hydrogen) atoms. The largest absolute Gasteiger partial charge is 0.494 e. The lowest BCUT2D eigenvalue weighted by molar-refractivity contribution is -0.138. The zero-order chi connectivity index (χ0) is 10.8. The normalized spacial score (nSPS) is 11.5. The Labute approximate surface area is 80.5 Å². The minimum absolute atomic E-state index is 0.209. The van der Waals surface area contributed by atoms with Crippen molar-refractivity contribution in [2.45, 2.75) is 20.0 Å². The Balaban J connectivity index is 3.09. The first-order valence-corrected chi connectivity index (χ1v) is 4.25. The number of halogens is 3. The van der Waals surface area contributed by atoms with Crippen molar-refractivity contribution >= 4 is 0 Å². The molecular formula is C10H11F3O. The monoisotopic (exact) mass is 204 g/mol. The summed E-state index contributed by atoms with van der Waals surface area (Å²) in [7, 11) is 0. The maximum absolute atomic E-state index is 12.4. The van der Waals surface area contributed by atoms with Crippen molar-refractivity contribution in [3.8, 4) is 5.75 Å². The van der Waals surface area contributed by atoms with Gasteiger partial charge in [-0.05, 0) is 31.5 Å². The van der Waals surface area contributed by atoms with E-state index in [0.717, 1.165) is 6.07 Å². The standard InChI is InChI=1S/C10H11F3O/c1-3-14-8-5-4-7(2)9(6-8)10(11,12)13/h4-6H,3H2,1-2H3. The number of hydrogen-bond acceptors (Lipinski definition) is 1. The van der Waals surface area contributed by atoms with E-state index >= 15 is 0 Å². The summed E-state index contributed by atoms with van der Waals surface area (Å²) in [5.74, 6) is 0.255. The SMILES string of the molecule is CCOc1ccc(C)c(C(F)(F)F)c1. The first-order chi connectivity index (χ1) is 6.45. The Morgan fingerprint density at radius 3 is 2.43 bits per heavy atom. The first-order valence-electron chi connectivity index (χ1n) is 4.25. The summed E-state index contributed by atoms with van der Waals surface area (Å²) in [6, 6.07) is 3.97. The molecule has 0 radical (unpaired) electrons. The summed E-state index contributed by atoms with van der Waals surface area (Å²) in [6.07, 6.45) is -4.31. The minimum atomic E-state index is -4.31. The molecule has 0 saturated heterocycles. The highest BCUT2D eigenvalue weighted by Gasteiger charge is 2.32. The molecule has 0 spiro atoms. The highest BCUT2D eigenvalue weighted by atomic mass is 19.4. The molecular weight excluding hydrogens is 193 g/mol. The molecule has 0 fully saturated rings. The fraction of sp³-hybridized carbons (Fsp3) is 0.400. The second-order valence-corrected chi connectivity index (χ2v) is 2.91. The van der Waals surface area contributed by atoms with Crippen LogP contribution in [-0.4, -0.2) is 6.61 Å². The van der Waals surface area contributed by atoms with Crippen LogP contribution in [0.5, 0.6) is 5.75 Å². The highest BCUT2D eigenvalue weighted by molar-refractivity contribution is 5.36. The molecule has 0 aromatic heterocycles. The number of ether oxygens (including phenoxy) is 1. The minimum Gasteiger partial charge on any atom is -0.494 e. The Morgan fingerprint density at radius 1 is 1.29 bits per heavy atom. The number of hydrogen-bond donors (Lipinski definition) is 0. The summed E-state index contributed by atoms with van der Waals surface area (Å²) in [6.45, 7) is 3.52. The Bertz CT molecular complexity index is 318. The second-order valence-electron chi connectivity index (χ2n) is 2.91. The topological polar surface area (TPSA) is 9.23 Å². The van der Waals surface area contributed by atoms with E-state index in [4.69, 9.17) is 4.74 Å². The van der Waals surface area contributed by atoms with Crippen molar-refractivity contribution in [2.24, 2.45) is 0 Å². The van der Waals surface area contributed by atoms with Crippen LogP contribution in [0.25, 0.3) is 0 Å². The maximum atomic E-state index is 12.4. The molecule has 1 nitrogen and oxygen atoms in total. The van der Waals surface area contributed by atoms with Gasteiger partial charge in [0, 0.05) is 0 Å². The van der Waals surface area contributed by atoms with Crippen molar-refractivity contribution in [1.82, 2.24) is 0 Å². The third kappa shape index (κ3) is 2.40. The molecule has 0 bridgehead atoms. The van der Waals surface area contributed by atoms with Gasteiger partial charge in [0.2, 0.25) is 0 Å². The zero-order valence-electron chi connectivity index (χ0n) is 7.98. The van der Waals surface area contributed by atoms with E-state index < -0.39 is 11.7 Å². The lowest BCUT2D eigenvalue weighted by Crippen LogP contribution is -2.07. The number of aryl methyl sites for hydroxylation is 1. The molecule has 1 aromatic rings. The first kappa shape index (κ1) is 10.9. The summed E-state index contributed by atoms with van der Waals surface area (Å²) < 4.78 is 42.2. The van der Waals surface area contributed by atoms with Crippen molar-refractivity contribution in [3.63, 3.8) is 0 Å². The molecule has 0 aliphatic heterocycles. The molecule has 1 rings (SSSR count). The smallest absolute Gasteiger partial charge is 0.416 e. The molecule has 0 N–H and O–H groups in total. The van der Waals surface area contributed by atoms with Crippen molar-refractivity contribution in [2.75, 3.05) is 6.61 Å². The molecule has 0 atom stereocenters. The predicted octanol–water partition coefficient (Wildman–Crippen LogP) is 3.41. The van der Waals surface area contributed by atoms with Crippen molar-refractivity contribution < 1.29 is 17.9 Å². The maximum Gasteiger partial charge on any atom is 0.416 e. The molecule has 1 aromatic carbocycles. The van der Waals surface area contributed by atoms with Crippen LogP contribution in [0.3, 0.4) is 0 Å². The fourth-order valence-electron chi connectivity index (χ4n) is 1.16. The van der Waals surface area contributed by atoms with Crippen LogP contribution in [0.15, 0.2) is 18.2 Å². The van der Waals surface area contributed by atoms with Gasteiger partial charge < -0.3 is 4.74 Å². The van der Waals surface area contributed by atoms with Gasteiger partial charge in [0.05, 0.1) is 12.2 Å². The van der Waals surface area contributed by atoms with Crippen LogP contribution < -0.4 is 4.74 Å². The van der Waals surface area contributed by atoms with E-state index in [1.54, 1.807) is 6.92 Å². The van der Waals surface area contributed by atoms with Crippen LogP contribution in [-0.2, 0) is 6.18 Å². The Hall–Kier alpha value is -1.19. The van der Waals surface area contributed by atoms with Gasteiger partial charge in [0.1, 0.15) is 5.75 Å². The van der Waals surface area contributed by atoms with Gasteiger partial charge in [-0.2, -0.15) is 13.2 Å². The highest BCUT2D eigenvalue weighted by Crippen LogP contribution is 2.33. The average Bonchev–Trinajstić information content (AvgIpc) is 2.07. The number of benzene rings is 1. The van der Waals surface area contributed by atoms with E-state index in [1.165, 1.54) is 19.1 Å². The molecule has 78 valence electrons. The van der Waals surface area contributed by atoms with E-state index in [0.29, 0.717) is 6.61 Å². The lowest BCUT2D eigenvalue weighted by Gasteiger charge is -2.11. The number of rotatable bonds is 2. The average molecular weight is 204 g/mol. The number of alkyl halides is 3. The third-order valence-electron chi connectivity index (χ3n) is 1.83. The van der Waals surface area contributed by atoms with Gasteiger partial charge in [0.15, 0.2) is 0 Å². The fourth-order valence-corrected chi connectivity index (χ4v) is 1.16. The van der Waals surface area contributed by atoms with Crippen LogP contribution in [0, 0.1) is 6.92 Å². The molecule has 4 heteroatoms. The van der Waals surface area contributed by atoms with Crippen molar-refractivity contribution in [1.29, 1.82) is 0 Å². The molecule has 0 amide bonds. The van der Waals surface area contributed by atoms with Gasteiger partial charge in [-0.25, -0.2) is 0 Å². The van der Waals surface area contributed by atoms with Crippen molar-refractivity contribution in [3.05, 3.63) is 29.3 Å². The third-order valence-corrected chi connectivity index (χ3v) is 1.83. The Kier molecular flexibility index (Phi) is 3.03. The van der Waals surface area contributed by atoms with Gasteiger partial charge in [0.25, 0.3) is 0 Å². The Morgan fingerprint density at radius 2 is 1.93 bits per heavy atom. The molecule has 0 aliphatic rings. The second kappa shape index (κ2) is 3.90. The van der Waals surface area contributed by atoms with Gasteiger partial charge in [-0.1, -0.05) is 6.07 Å². The molecule has 0 heterocycles. The van der Waals surface area contributed by atoms with E-state index in [-0.39, 0.29) is 11.3 Å². The summed E-state index contributed by atoms with van der Waals surface area (Å²) in [5, 5.41) is 0. The molecule has 0 unspecified atom stereocenters. The van der Waals surface area contributed by atoms with Gasteiger partial charge in [-0.3, -0.25) is 0 Å². The van der Waals surface area contributed by atoms with E-state index in [1.807, 2.05) is 0 Å². The van der Waals surface area contributed by atoms with Crippen LogP contribution in [0.2, 0.25) is 0 Å². The lowest BCUT2D eigenvalue weighted by atomic mass is 10.1. The molecule has 0 saturated carbocycles. The van der Waals surface area contributed by atoms with Crippen LogP contribution in [0.1, 0.15) is 18.1 Å². The molecule has 0 aliphatic carbocycles. The summed E-state index contributed by atoms with van der Waals surface area (Å²) >= 11 is 0. The zero-order valence-corrected chi connectivity index (χ0v) is 7.98. The van der Waals surface area contributed by atoms with Gasteiger partial charge in [-0.15, -0.1) is 0 Å². The van der Waals surface area contributed by atoms with Crippen LogP contribution >= 0.6 is 0 Å². The van der Waals surface area contributed by atoms with E-state index in [2.05, 4.69) is 0 Å². The van der Waals surface area contributed by atoms with Crippen LogP contribution in [0.4, 0.5) is 13.2 Å². The predicted molar refractivity (Wildman–Crippen MR) is 47.4 cm³/mol.